The topological polar surface area (TPSA) is 110 Å². The van der Waals surface area contributed by atoms with E-state index in [0.717, 1.165) is 11.4 Å². The van der Waals surface area contributed by atoms with E-state index in [9.17, 15) is 13.2 Å². The second-order valence-corrected chi connectivity index (χ2v) is 9.90. The molecule has 2 aromatic heterocycles. The molecule has 0 aliphatic heterocycles. The van der Waals surface area contributed by atoms with Gasteiger partial charge in [0.2, 0.25) is 21.1 Å². The first kappa shape index (κ1) is 23.2. The van der Waals surface area contributed by atoms with Gasteiger partial charge in [0.15, 0.2) is 0 Å². The zero-order chi connectivity index (χ0) is 22.8. The fourth-order valence-corrected chi connectivity index (χ4v) is 5.52. The first-order valence-electron chi connectivity index (χ1n) is 9.90. The molecule has 1 amide bonds. The van der Waals surface area contributed by atoms with E-state index in [1.54, 1.807) is 37.4 Å². The first-order chi connectivity index (χ1) is 14.6. The molecule has 0 fully saturated rings. The summed E-state index contributed by atoms with van der Waals surface area (Å²) in [6.07, 6.45) is 0. The van der Waals surface area contributed by atoms with Crippen LogP contribution in [0, 0.1) is 20.8 Å². The highest BCUT2D eigenvalue weighted by Crippen LogP contribution is 2.24. The Morgan fingerprint density at radius 1 is 1.13 bits per heavy atom. The van der Waals surface area contributed by atoms with Crippen molar-refractivity contribution in [3.05, 3.63) is 41.2 Å². The quantitative estimate of drug-likeness (QED) is 0.513. The molecular weight excluding hydrogens is 436 g/mol. The summed E-state index contributed by atoms with van der Waals surface area (Å²) in [5.74, 6) is 0.297. The molecule has 0 aliphatic rings. The second kappa shape index (κ2) is 9.33. The molecule has 0 unspecified atom stereocenters. The molecule has 0 atom stereocenters. The van der Waals surface area contributed by atoms with Crippen molar-refractivity contribution in [1.29, 1.82) is 0 Å². The molecule has 31 heavy (non-hydrogen) atoms. The minimum atomic E-state index is -3.62. The molecule has 0 spiro atoms. The lowest BCUT2D eigenvalue weighted by Gasteiger charge is -2.20. The van der Waals surface area contributed by atoms with E-state index in [2.05, 4.69) is 20.4 Å². The lowest BCUT2D eigenvalue weighted by molar-refractivity contribution is -0.113. The van der Waals surface area contributed by atoms with E-state index >= 15 is 0 Å². The number of carbonyl (C=O) groups is 1. The Labute approximate surface area is 186 Å². The van der Waals surface area contributed by atoms with E-state index in [0.29, 0.717) is 35.3 Å². The van der Waals surface area contributed by atoms with Crippen LogP contribution in [0.25, 0.3) is 5.78 Å². The number of thioether (sulfide) groups is 1. The third kappa shape index (κ3) is 5.05. The number of benzene rings is 1. The highest BCUT2D eigenvalue weighted by Gasteiger charge is 2.24. The average Bonchev–Trinajstić information content (AvgIpc) is 3.12. The van der Waals surface area contributed by atoms with Gasteiger partial charge in [-0.05, 0) is 44.5 Å². The summed E-state index contributed by atoms with van der Waals surface area (Å²) in [6, 6.07) is 6.80. The van der Waals surface area contributed by atoms with Crippen LogP contribution in [-0.2, 0) is 14.8 Å². The van der Waals surface area contributed by atoms with Crippen molar-refractivity contribution in [3.8, 4) is 0 Å². The van der Waals surface area contributed by atoms with Crippen molar-refractivity contribution in [2.45, 2.75) is 44.7 Å². The number of fused-ring (bicyclic) bond motifs is 1. The Morgan fingerprint density at radius 2 is 1.84 bits per heavy atom. The summed E-state index contributed by atoms with van der Waals surface area (Å²) in [6.45, 7) is 9.90. The summed E-state index contributed by atoms with van der Waals surface area (Å²) in [5.41, 5.74) is 2.82. The first-order valence-corrected chi connectivity index (χ1v) is 12.3. The van der Waals surface area contributed by atoms with Gasteiger partial charge in [0.25, 0.3) is 5.78 Å². The summed E-state index contributed by atoms with van der Waals surface area (Å²) < 4.78 is 28.8. The van der Waals surface area contributed by atoms with Crippen LogP contribution in [0.3, 0.4) is 0 Å². The van der Waals surface area contributed by atoms with Crippen LogP contribution in [0.1, 0.15) is 30.8 Å². The maximum absolute atomic E-state index is 12.9. The molecule has 0 bridgehead atoms. The summed E-state index contributed by atoms with van der Waals surface area (Å²) in [5, 5.41) is 7.58. The normalized spacial score (nSPS) is 11.9. The number of aromatic nitrogens is 4. The number of amides is 1. The molecule has 3 aromatic rings. The minimum absolute atomic E-state index is 0.0842. The fourth-order valence-electron chi connectivity index (χ4n) is 3.19. The van der Waals surface area contributed by atoms with Crippen LogP contribution in [0.4, 0.5) is 5.69 Å². The van der Waals surface area contributed by atoms with Gasteiger partial charge in [-0.2, -0.15) is 9.29 Å². The van der Waals surface area contributed by atoms with Gasteiger partial charge in [-0.25, -0.2) is 17.9 Å². The van der Waals surface area contributed by atoms with E-state index in [1.807, 2.05) is 19.9 Å². The van der Waals surface area contributed by atoms with Crippen LogP contribution in [0.15, 0.2) is 34.3 Å². The van der Waals surface area contributed by atoms with Crippen LogP contribution in [0.5, 0.6) is 0 Å². The maximum Gasteiger partial charge on any atom is 0.253 e. The molecule has 1 aromatic carbocycles. The summed E-state index contributed by atoms with van der Waals surface area (Å²) in [4.78, 5) is 21.3. The zero-order valence-corrected chi connectivity index (χ0v) is 19.8. The predicted molar refractivity (Wildman–Crippen MR) is 121 cm³/mol. The number of nitrogens with zero attached hydrogens (tertiary/aromatic N) is 5. The van der Waals surface area contributed by atoms with Crippen LogP contribution in [0.2, 0.25) is 0 Å². The van der Waals surface area contributed by atoms with Gasteiger partial charge >= 0.3 is 0 Å². The minimum Gasteiger partial charge on any atom is -0.325 e. The largest absolute Gasteiger partial charge is 0.325 e. The maximum atomic E-state index is 12.9. The van der Waals surface area contributed by atoms with Crippen LogP contribution in [-0.4, -0.2) is 57.1 Å². The molecule has 11 heteroatoms. The number of rotatable bonds is 8. The van der Waals surface area contributed by atoms with Crippen molar-refractivity contribution in [3.63, 3.8) is 0 Å². The van der Waals surface area contributed by atoms with Crippen molar-refractivity contribution in [1.82, 2.24) is 23.9 Å². The van der Waals surface area contributed by atoms with Crippen molar-refractivity contribution in [2.24, 2.45) is 0 Å². The van der Waals surface area contributed by atoms with Crippen molar-refractivity contribution < 1.29 is 13.2 Å². The van der Waals surface area contributed by atoms with Gasteiger partial charge in [-0.15, -0.1) is 5.10 Å². The molecule has 0 aliphatic carbocycles. The third-order valence-corrected chi connectivity index (χ3v) is 7.76. The monoisotopic (exact) mass is 462 g/mol. The Kier molecular flexibility index (Phi) is 6.97. The van der Waals surface area contributed by atoms with E-state index in [4.69, 9.17) is 0 Å². The number of aryl methyl sites for hydroxylation is 3. The predicted octanol–water partition coefficient (Wildman–Crippen LogP) is 2.81. The second-order valence-electron chi connectivity index (χ2n) is 7.05. The van der Waals surface area contributed by atoms with E-state index < -0.39 is 10.0 Å². The molecule has 0 saturated carbocycles. The standard InChI is InChI=1S/C20H26N6O3S2/c1-6-25(7-2)31(28,29)17-11-16(9-8-13(17)3)22-18(27)12-30-20-23-19-21-14(4)10-15(5)26(19)24-20/h8-11H,6-7,12H2,1-5H3,(H,22,27). The Hall–Kier alpha value is -2.50. The van der Waals surface area contributed by atoms with Gasteiger partial charge in [-0.1, -0.05) is 31.7 Å². The number of anilines is 1. The Bertz CT molecular complexity index is 1220. The van der Waals surface area contributed by atoms with Gasteiger partial charge in [0.05, 0.1) is 10.6 Å². The van der Waals surface area contributed by atoms with Crippen molar-refractivity contribution in [2.75, 3.05) is 24.2 Å². The van der Waals surface area contributed by atoms with E-state index in [-0.39, 0.29) is 16.6 Å². The van der Waals surface area contributed by atoms with Crippen molar-refractivity contribution >= 4 is 39.2 Å². The summed E-state index contributed by atoms with van der Waals surface area (Å²) >= 11 is 1.19. The molecule has 1 N–H and O–H groups in total. The summed E-state index contributed by atoms with van der Waals surface area (Å²) in [7, 11) is -3.62. The lowest BCUT2D eigenvalue weighted by atomic mass is 10.2. The highest BCUT2D eigenvalue weighted by atomic mass is 32.2. The number of carbonyl (C=O) groups excluding carboxylic acids is 1. The number of hydrogen-bond donors (Lipinski definition) is 1. The van der Waals surface area contributed by atoms with Gasteiger partial charge in [-0.3, -0.25) is 4.79 Å². The van der Waals surface area contributed by atoms with Gasteiger partial charge < -0.3 is 5.32 Å². The lowest BCUT2D eigenvalue weighted by Crippen LogP contribution is -2.31. The molecular formula is C20H26N6O3S2. The molecule has 9 nitrogen and oxygen atoms in total. The average molecular weight is 463 g/mol. The highest BCUT2D eigenvalue weighted by molar-refractivity contribution is 7.99. The number of nitrogens with one attached hydrogen (secondary N) is 1. The van der Waals surface area contributed by atoms with Crippen LogP contribution >= 0.6 is 11.8 Å². The zero-order valence-electron chi connectivity index (χ0n) is 18.2. The van der Waals surface area contributed by atoms with Gasteiger partial charge in [0, 0.05) is 30.2 Å². The molecule has 166 valence electrons. The van der Waals surface area contributed by atoms with Gasteiger partial charge in [0.1, 0.15) is 0 Å². The fraction of sp³-hybridized carbons (Fsp3) is 0.400. The Morgan fingerprint density at radius 3 is 2.52 bits per heavy atom. The molecule has 2 heterocycles. The number of hydrogen-bond acceptors (Lipinski definition) is 7. The Balaban J connectivity index is 1.72. The molecule has 0 radical (unpaired) electrons. The van der Waals surface area contributed by atoms with Crippen LogP contribution < -0.4 is 5.32 Å². The SMILES string of the molecule is CCN(CC)S(=O)(=O)c1cc(NC(=O)CSc2nc3nc(C)cc(C)n3n2)ccc1C. The molecule has 0 saturated heterocycles. The third-order valence-electron chi connectivity index (χ3n) is 4.73. The molecule has 3 rings (SSSR count). The number of sulfonamides is 1. The smallest absolute Gasteiger partial charge is 0.253 e. The van der Waals surface area contributed by atoms with E-state index in [1.165, 1.54) is 22.1 Å².